The van der Waals surface area contributed by atoms with Crippen LogP contribution in [0.4, 0.5) is 11.5 Å². The predicted octanol–water partition coefficient (Wildman–Crippen LogP) is 5.50. The monoisotopic (exact) mass is 381 g/mol. The van der Waals surface area contributed by atoms with Crippen LogP contribution in [0, 0.1) is 0 Å². The van der Waals surface area contributed by atoms with E-state index in [1.165, 1.54) is 0 Å². The number of nitrogens with zero attached hydrogens (tertiary/aromatic N) is 3. The highest BCUT2D eigenvalue weighted by Gasteiger charge is 2.08. The first-order chi connectivity index (χ1) is 14.2. The number of para-hydroxylation sites is 1. The molecule has 6 nitrogen and oxygen atoms in total. The lowest BCUT2D eigenvalue weighted by Gasteiger charge is -2.09. The summed E-state index contributed by atoms with van der Waals surface area (Å²) in [6, 6.07) is 21.6. The van der Waals surface area contributed by atoms with E-state index in [2.05, 4.69) is 26.3 Å². The number of aryl methyl sites for hydroxylation is 1. The molecule has 0 aliphatic heterocycles. The van der Waals surface area contributed by atoms with Gasteiger partial charge in [-0.1, -0.05) is 24.3 Å². The zero-order chi connectivity index (χ0) is 19.6. The number of aromatic amines is 1. The molecule has 0 saturated heterocycles. The standard InChI is InChI=1S/C23H19N5O/c1-28-15-24-14-22(28)21-10-16-13-25-23(12-20(16)27-21)26-17-6-5-9-19(11-17)29-18-7-3-2-4-8-18/h2-15,27H,1H3,(H,25,26). The molecule has 29 heavy (non-hydrogen) atoms. The third-order valence-corrected chi connectivity index (χ3v) is 4.68. The second-order valence-corrected chi connectivity index (χ2v) is 6.80. The number of pyridine rings is 1. The predicted molar refractivity (Wildman–Crippen MR) is 115 cm³/mol. The number of rotatable bonds is 5. The van der Waals surface area contributed by atoms with Crippen LogP contribution in [0.25, 0.3) is 22.3 Å². The molecular weight excluding hydrogens is 362 g/mol. The topological polar surface area (TPSA) is 67.8 Å². The highest BCUT2D eigenvalue weighted by Crippen LogP contribution is 2.28. The zero-order valence-corrected chi connectivity index (χ0v) is 15.8. The van der Waals surface area contributed by atoms with E-state index in [1.807, 2.05) is 84.7 Å². The van der Waals surface area contributed by atoms with Crippen molar-refractivity contribution in [3.8, 4) is 22.9 Å². The van der Waals surface area contributed by atoms with E-state index in [1.54, 1.807) is 6.33 Å². The van der Waals surface area contributed by atoms with Crippen molar-refractivity contribution in [2.75, 3.05) is 5.32 Å². The van der Waals surface area contributed by atoms with E-state index in [0.717, 1.165) is 45.3 Å². The first kappa shape index (κ1) is 17.1. The minimum absolute atomic E-state index is 0.757. The Kier molecular flexibility index (Phi) is 4.22. The molecule has 0 amide bonds. The van der Waals surface area contributed by atoms with Gasteiger partial charge in [0.15, 0.2) is 0 Å². The first-order valence-corrected chi connectivity index (χ1v) is 9.30. The molecule has 0 radical (unpaired) electrons. The number of H-pyrrole nitrogens is 1. The summed E-state index contributed by atoms with van der Waals surface area (Å²) in [5.74, 6) is 2.33. The molecule has 2 aromatic carbocycles. The van der Waals surface area contributed by atoms with Gasteiger partial charge in [-0.3, -0.25) is 0 Å². The van der Waals surface area contributed by atoms with Gasteiger partial charge >= 0.3 is 0 Å². The molecule has 0 aliphatic carbocycles. The van der Waals surface area contributed by atoms with Crippen molar-refractivity contribution >= 4 is 22.4 Å². The lowest BCUT2D eigenvalue weighted by molar-refractivity contribution is 0.483. The van der Waals surface area contributed by atoms with Crippen molar-refractivity contribution in [1.29, 1.82) is 0 Å². The maximum Gasteiger partial charge on any atom is 0.132 e. The van der Waals surface area contributed by atoms with E-state index < -0.39 is 0 Å². The van der Waals surface area contributed by atoms with E-state index in [-0.39, 0.29) is 0 Å². The number of ether oxygens (including phenoxy) is 1. The van der Waals surface area contributed by atoms with E-state index in [9.17, 15) is 0 Å². The molecule has 3 aromatic heterocycles. The highest BCUT2D eigenvalue weighted by molar-refractivity contribution is 5.86. The summed E-state index contributed by atoms with van der Waals surface area (Å²) in [6.45, 7) is 0. The van der Waals surface area contributed by atoms with Crippen molar-refractivity contribution in [3.63, 3.8) is 0 Å². The van der Waals surface area contributed by atoms with Crippen molar-refractivity contribution in [1.82, 2.24) is 19.5 Å². The third-order valence-electron chi connectivity index (χ3n) is 4.68. The average molecular weight is 381 g/mol. The van der Waals surface area contributed by atoms with Crippen molar-refractivity contribution < 1.29 is 4.74 Å². The first-order valence-electron chi connectivity index (χ1n) is 9.30. The molecule has 5 aromatic rings. The molecule has 0 fully saturated rings. The van der Waals surface area contributed by atoms with Gasteiger partial charge in [0.05, 0.1) is 29.4 Å². The molecule has 0 aliphatic rings. The van der Waals surface area contributed by atoms with Gasteiger partial charge in [-0.15, -0.1) is 0 Å². The Morgan fingerprint density at radius 2 is 1.79 bits per heavy atom. The Morgan fingerprint density at radius 3 is 2.62 bits per heavy atom. The van der Waals surface area contributed by atoms with E-state index in [4.69, 9.17) is 4.74 Å². The van der Waals surface area contributed by atoms with Gasteiger partial charge in [-0.05, 0) is 30.3 Å². The lowest BCUT2D eigenvalue weighted by Crippen LogP contribution is -1.93. The fourth-order valence-electron chi connectivity index (χ4n) is 3.26. The summed E-state index contributed by atoms with van der Waals surface area (Å²) in [5, 5.41) is 4.40. The summed E-state index contributed by atoms with van der Waals surface area (Å²) in [5.41, 5.74) is 3.96. The molecule has 3 heterocycles. The van der Waals surface area contributed by atoms with Gasteiger partial charge < -0.3 is 19.6 Å². The van der Waals surface area contributed by atoms with Gasteiger partial charge in [0, 0.05) is 36.5 Å². The summed E-state index contributed by atoms with van der Waals surface area (Å²) < 4.78 is 7.89. The Hall–Kier alpha value is -4.06. The van der Waals surface area contributed by atoms with Gasteiger partial charge in [0.1, 0.15) is 17.3 Å². The zero-order valence-electron chi connectivity index (χ0n) is 15.8. The molecule has 6 heteroatoms. The fourth-order valence-corrected chi connectivity index (χ4v) is 3.26. The molecule has 0 unspecified atom stereocenters. The quantitative estimate of drug-likeness (QED) is 0.422. The molecule has 142 valence electrons. The van der Waals surface area contributed by atoms with Gasteiger partial charge in [-0.2, -0.15) is 0 Å². The molecule has 0 spiro atoms. The van der Waals surface area contributed by atoms with Gasteiger partial charge in [0.2, 0.25) is 0 Å². The minimum Gasteiger partial charge on any atom is -0.457 e. The largest absolute Gasteiger partial charge is 0.457 e. The number of nitrogens with one attached hydrogen (secondary N) is 2. The summed E-state index contributed by atoms with van der Waals surface area (Å²) in [6.07, 6.45) is 5.49. The SMILES string of the molecule is Cn1cncc1-c1cc2cnc(Nc3cccc(Oc4ccccc4)c3)cc2[nH]1. The van der Waals surface area contributed by atoms with Crippen LogP contribution in [-0.2, 0) is 7.05 Å². The second-order valence-electron chi connectivity index (χ2n) is 6.80. The Labute approximate surface area is 167 Å². The number of aromatic nitrogens is 4. The van der Waals surface area contributed by atoms with Crippen molar-refractivity contribution in [2.45, 2.75) is 0 Å². The number of hydrogen-bond acceptors (Lipinski definition) is 4. The molecule has 0 saturated carbocycles. The number of anilines is 2. The van der Waals surface area contributed by atoms with Gasteiger partial charge in [-0.25, -0.2) is 9.97 Å². The Balaban J connectivity index is 1.39. The highest BCUT2D eigenvalue weighted by atomic mass is 16.5. The maximum absolute atomic E-state index is 5.91. The van der Waals surface area contributed by atoms with Crippen LogP contribution < -0.4 is 10.1 Å². The molecule has 0 atom stereocenters. The van der Waals surface area contributed by atoms with Crippen molar-refractivity contribution in [2.24, 2.45) is 7.05 Å². The average Bonchev–Trinajstić information content (AvgIpc) is 3.34. The van der Waals surface area contributed by atoms with Crippen LogP contribution in [0.2, 0.25) is 0 Å². The molecular formula is C23H19N5O. The number of fused-ring (bicyclic) bond motifs is 1. The van der Waals surface area contributed by atoms with Crippen LogP contribution >= 0.6 is 0 Å². The molecule has 2 N–H and O–H groups in total. The normalized spacial score (nSPS) is 10.9. The molecule has 5 rings (SSSR count). The van der Waals surface area contributed by atoms with Gasteiger partial charge in [0.25, 0.3) is 0 Å². The fraction of sp³-hybridized carbons (Fsp3) is 0.0435. The summed E-state index contributed by atoms with van der Waals surface area (Å²) in [4.78, 5) is 12.2. The van der Waals surface area contributed by atoms with E-state index >= 15 is 0 Å². The van der Waals surface area contributed by atoms with Crippen LogP contribution in [0.15, 0.2) is 85.5 Å². The summed E-state index contributed by atoms with van der Waals surface area (Å²) in [7, 11) is 1.98. The Bertz CT molecular complexity index is 1270. The number of benzene rings is 2. The van der Waals surface area contributed by atoms with Crippen molar-refractivity contribution in [3.05, 3.63) is 85.5 Å². The lowest BCUT2D eigenvalue weighted by atomic mass is 10.2. The third kappa shape index (κ3) is 3.55. The van der Waals surface area contributed by atoms with E-state index in [0.29, 0.717) is 0 Å². The van der Waals surface area contributed by atoms with Crippen LogP contribution in [0.5, 0.6) is 11.5 Å². The minimum atomic E-state index is 0.757. The van der Waals surface area contributed by atoms with Crippen LogP contribution in [-0.4, -0.2) is 19.5 Å². The second kappa shape index (κ2) is 7.16. The molecule has 0 bridgehead atoms. The maximum atomic E-state index is 5.91. The summed E-state index contributed by atoms with van der Waals surface area (Å²) >= 11 is 0. The Morgan fingerprint density at radius 1 is 0.931 bits per heavy atom. The van der Waals surface area contributed by atoms with Crippen LogP contribution in [0.3, 0.4) is 0 Å². The number of hydrogen-bond donors (Lipinski definition) is 2. The van der Waals surface area contributed by atoms with Crippen LogP contribution in [0.1, 0.15) is 0 Å². The number of imidazole rings is 1. The smallest absolute Gasteiger partial charge is 0.132 e.